The van der Waals surface area contributed by atoms with E-state index >= 15 is 0 Å². The molecule has 1 atom stereocenters. The first-order chi connectivity index (χ1) is 8.61. The summed E-state index contributed by atoms with van der Waals surface area (Å²) in [6.45, 7) is 4.19. The van der Waals surface area contributed by atoms with Crippen molar-refractivity contribution >= 4 is 17.1 Å². The topological polar surface area (TPSA) is 78.8 Å². The molecule has 6 heteroatoms. The van der Waals surface area contributed by atoms with Gasteiger partial charge in [-0.15, -0.1) is 0 Å². The van der Waals surface area contributed by atoms with Gasteiger partial charge in [0.25, 0.3) is 0 Å². The molecule has 0 aliphatic rings. The second kappa shape index (κ2) is 5.20. The fourth-order valence-electron chi connectivity index (χ4n) is 1.82. The Morgan fingerprint density at radius 2 is 2.22 bits per heavy atom. The van der Waals surface area contributed by atoms with Crippen LogP contribution in [0.1, 0.15) is 33.1 Å². The van der Waals surface area contributed by atoms with E-state index in [1.54, 1.807) is 10.9 Å². The van der Waals surface area contributed by atoms with E-state index in [2.05, 4.69) is 21.9 Å². The number of ether oxygens (including phenoxy) is 1. The average molecular weight is 249 g/mol. The SMILES string of the molecule is CCCCC(C)Oc1nc(N)nc2c1ncn2C. The molecule has 0 aromatic carbocycles. The number of nitrogen functional groups attached to an aromatic ring is 1. The number of fused-ring (bicyclic) bond motifs is 1. The Balaban J connectivity index is 2.27. The molecule has 1 unspecified atom stereocenters. The predicted octanol–water partition coefficient (Wildman–Crippen LogP) is 1.90. The van der Waals surface area contributed by atoms with Gasteiger partial charge in [0.05, 0.1) is 12.4 Å². The van der Waals surface area contributed by atoms with Gasteiger partial charge in [-0.05, 0) is 13.3 Å². The van der Waals surface area contributed by atoms with E-state index in [1.807, 2.05) is 14.0 Å². The van der Waals surface area contributed by atoms with E-state index in [-0.39, 0.29) is 12.1 Å². The number of anilines is 1. The summed E-state index contributed by atoms with van der Waals surface area (Å²) in [6, 6.07) is 0. The van der Waals surface area contributed by atoms with Gasteiger partial charge in [0.1, 0.15) is 0 Å². The lowest BCUT2D eigenvalue weighted by Crippen LogP contribution is -2.13. The highest BCUT2D eigenvalue weighted by Gasteiger charge is 2.14. The highest BCUT2D eigenvalue weighted by Crippen LogP contribution is 2.23. The summed E-state index contributed by atoms with van der Waals surface area (Å²) in [5.74, 6) is 0.686. The first kappa shape index (κ1) is 12.6. The lowest BCUT2D eigenvalue weighted by Gasteiger charge is -2.13. The molecule has 0 saturated carbocycles. The van der Waals surface area contributed by atoms with E-state index in [9.17, 15) is 0 Å². The quantitative estimate of drug-likeness (QED) is 0.875. The smallest absolute Gasteiger partial charge is 0.247 e. The normalized spacial score (nSPS) is 12.8. The molecule has 18 heavy (non-hydrogen) atoms. The number of aryl methyl sites for hydroxylation is 1. The van der Waals surface area contributed by atoms with Gasteiger partial charge in [-0.1, -0.05) is 19.8 Å². The first-order valence-corrected chi connectivity index (χ1v) is 6.23. The standard InChI is InChI=1S/C12H19N5O/c1-4-5-6-8(2)18-11-9-10(15-12(13)16-11)17(3)7-14-9/h7-8H,4-6H2,1-3H3,(H2,13,15,16). The van der Waals surface area contributed by atoms with Gasteiger partial charge in [-0.25, -0.2) is 4.98 Å². The van der Waals surface area contributed by atoms with Crippen LogP contribution in [0.5, 0.6) is 5.88 Å². The van der Waals surface area contributed by atoms with E-state index in [4.69, 9.17) is 10.5 Å². The molecule has 98 valence electrons. The van der Waals surface area contributed by atoms with Crippen molar-refractivity contribution < 1.29 is 4.74 Å². The maximum atomic E-state index is 5.82. The summed E-state index contributed by atoms with van der Waals surface area (Å²) < 4.78 is 7.62. The second-order valence-corrected chi connectivity index (χ2v) is 4.49. The molecule has 2 N–H and O–H groups in total. The number of nitrogens with two attached hydrogens (primary N) is 1. The summed E-state index contributed by atoms with van der Waals surface area (Å²) in [4.78, 5) is 12.5. The Morgan fingerprint density at radius 1 is 1.44 bits per heavy atom. The Kier molecular flexibility index (Phi) is 3.64. The lowest BCUT2D eigenvalue weighted by atomic mass is 10.2. The number of hydrogen-bond donors (Lipinski definition) is 1. The van der Waals surface area contributed by atoms with E-state index in [0.717, 1.165) is 19.3 Å². The van der Waals surface area contributed by atoms with Gasteiger partial charge in [0, 0.05) is 7.05 Å². The fraction of sp³-hybridized carbons (Fsp3) is 0.583. The van der Waals surface area contributed by atoms with Crippen LogP contribution in [0.3, 0.4) is 0 Å². The minimum atomic E-state index is 0.101. The van der Waals surface area contributed by atoms with Crippen molar-refractivity contribution in [3.05, 3.63) is 6.33 Å². The van der Waals surface area contributed by atoms with Crippen LogP contribution < -0.4 is 10.5 Å². The molecule has 2 heterocycles. The van der Waals surface area contributed by atoms with Gasteiger partial charge >= 0.3 is 0 Å². The van der Waals surface area contributed by atoms with Crippen LogP contribution in [0.2, 0.25) is 0 Å². The molecule has 0 fully saturated rings. The molecule has 0 aliphatic carbocycles. The minimum absolute atomic E-state index is 0.101. The zero-order valence-corrected chi connectivity index (χ0v) is 11.1. The van der Waals surface area contributed by atoms with Crippen molar-refractivity contribution in [1.29, 1.82) is 0 Å². The Labute approximate surface area is 106 Å². The van der Waals surface area contributed by atoms with Crippen LogP contribution in [0, 0.1) is 0 Å². The molecule has 6 nitrogen and oxygen atoms in total. The average Bonchev–Trinajstić information content (AvgIpc) is 2.69. The van der Waals surface area contributed by atoms with Crippen molar-refractivity contribution in [1.82, 2.24) is 19.5 Å². The predicted molar refractivity (Wildman–Crippen MR) is 70.3 cm³/mol. The minimum Gasteiger partial charge on any atom is -0.473 e. The summed E-state index contributed by atoms with van der Waals surface area (Å²) in [5, 5.41) is 0. The van der Waals surface area contributed by atoms with Gasteiger partial charge in [-0.2, -0.15) is 9.97 Å². The fourth-order valence-corrected chi connectivity index (χ4v) is 1.82. The third kappa shape index (κ3) is 2.52. The van der Waals surface area contributed by atoms with Crippen LogP contribution in [-0.2, 0) is 7.05 Å². The zero-order valence-electron chi connectivity index (χ0n) is 11.1. The van der Waals surface area contributed by atoms with Crippen LogP contribution in [0.25, 0.3) is 11.2 Å². The highest BCUT2D eigenvalue weighted by atomic mass is 16.5. The molecule has 2 aromatic rings. The van der Waals surface area contributed by atoms with Gasteiger partial charge in [0.2, 0.25) is 11.8 Å². The molecule has 0 aliphatic heterocycles. The van der Waals surface area contributed by atoms with Gasteiger partial charge < -0.3 is 15.0 Å². The largest absolute Gasteiger partial charge is 0.473 e. The van der Waals surface area contributed by atoms with Crippen LogP contribution in [-0.4, -0.2) is 25.6 Å². The molecule has 0 amide bonds. The van der Waals surface area contributed by atoms with Crippen LogP contribution in [0.15, 0.2) is 6.33 Å². The molecule has 0 saturated heterocycles. The Bertz CT molecular complexity index is 536. The third-order valence-electron chi connectivity index (χ3n) is 2.82. The Hall–Kier alpha value is -1.85. The van der Waals surface area contributed by atoms with Gasteiger partial charge in [-0.3, -0.25) is 0 Å². The molecule has 0 bridgehead atoms. The van der Waals surface area contributed by atoms with Crippen molar-refractivity contribution in [2.45, 2.75) is 39.2 Å². The Morgan fingerprint density at radius 3 is 2.94 bits per heavy atom. The summed E-state index contributed by atoms with van der Waals surface area (Å²) in [5.41, 5.74) is 7.04. The van der Waals surface area contributed by atoms with Crippen molar-refractivity contribution in [2.75, 3.05) is 5.73 Å². The number of aromatic nitrogens is 4. The van der Waals surface area contributed by atoms with Crippen LogP contribution >= 0.6 is 0 Å². The van der Waals surface area contributed by atoms with E-state index < -0.39 is 0 Å². The van der Waals surface area contributed by atoms with Crippen molar-refractivity contribution in [3.63, 3.8) is 0 Å². The monoisotopic (exact) mass is 249 g/mol. The zero-order chi connectivity index (χ0) is 13.1. The maximum absolute atomic E-state index is 5.82. The molecule has 0 radical (unpaired) electrons. The first-order valence-electron chi connectivity index (χ1n) is 6.23. The number of unbranched alkanes of at least 4 members (excludes halogenated alkanes) is 1. The van der Waals surface area contributed by atoms with Gasteiger partial charge in [0.15, 0.2) is 11.2 Å². The number of nitrogens with zero attached hydrogens (tertiary/aromatic N) is 4. The molecule has 2 rings (SSSR count). The van der Waals surface area contributed by atoms with Crippen LogP contribution in [0.4, 0.5) is 5.95 Å². The molecular formula is C12H19N5O. The van der Waals surface area contributed by atoms with Crippen molar-refractivity contribution in [2.24, 2.45) is 7.05 Å². The van der Waals surface area contributed by atoms with E-state index in [1.165, 1.54) is 0 Å². The molecule has 0 spiro atoms. The molecule has 2 aromatic heterocycles. The number of hydrogen-bond acceptors (Lipinski definition) is 5. The summed E-state index contributed by atoms with van der Waals surface area (Å²) in [6.07, 6.45) is 5.06. The second-order valence-electron chi connectivity index (χ2n) is 4.49. The summed E-state index contributed by atoms with van der Waals surface area (Å²) in [7, 11) is 1.87. The molecular weight excluding hydrogens is 230 g/mol. The highest BCUT2D eigenvalue weighted by molar-refractivity contribution is 5.77. The number of imidazole rings is 1. The lowest BCUT2D eigenvalue weighted by molar-refractivity contribution is 0.202. The summed E-state index contributed by atoms with van der Waals surface area (Å²) >= 11 is 0. The van der Waals surface area contributed by atoms with Crippen molar-refractivity contribution in [3.8, 4) is 5.88 Å². The maximum Gasteiger partial charge on any atom is 0.247 e. The number of rotatable bonds is 5. The van der Waals surface area contributed by atoms with E-state index in [0.29, 0.717) is 17.0 Å². The third-order valence-corrected chi connectivity index (χ3v) is 2.82.